The minimum atomic E-state index is -0.360. The zero-order chi connectivity index (χ0) is 11.4. The number of amides is 2. The Morgan fingerprint density at radius 3 is 2.40 bits per heavy atom. The summed E-state index contributed by atoms with van der Waals surface area (Å²) in [4.78, 5) is 22.9. The van der Waals surface area contributed by atoms with E-state index in [1.165, 1.54) is 14.1 Å². The van der Waals surface area contributed by atoms with Gasteiger partial charge < -0.3 is 10.6 Å². The SMILES string of the molecule is CCn1cc(C(=O)NC)c(C(=O)NC)n1. The molecule has 6 heteroatoms. The fourth-order valence-electron chi connectivity index (χ4n) is 1.17. The number of nitrogens with one attached hydrogen (secondary N) is 2. The number of aryl methyl sites for hydroxylation is 1. The third kappa shape index (κ3) is 2.15. The van der Waals surface area contributed by atoms with Crippen molar-refractivity contribution in [2.24, 2.45) is 0 Å². The van der Waals surface area contributed by atoms with Crippen LogP contribution >= 0.6 is 0 Å². The maximum Gasteiger partial charge on any atom is 0.272 e. The minimum absolute atomic E-state index is 0.152. The normalized spacial score (nSPS) is 9.80. The van der Waals surface area contributed by atoms with Crippen LogP contribution < -0.4 is 10.6 Å². The molecule has 82 valence electrons. The highest BCUT2D eigenvalue weighted by Gasteiger charge is 2.19. The van der Waals surface area contributed by atoms with Crippen molar-refractivity contribution in [3.05, 3.63) is 17.5 Å². The molecule has 6 nitrogen and oxygen atoms in total. The maximum absolute atomic E-state index is 11.4. The van der Waals surface area contributed by atoms with Gasteiger partial charge in [-0.1, -0.05) is 0 Å². The molecule has 0 radical (unpaired) electrons. The summed E-state index contributed by atoms with van der Waals surface area (Å²) in [5, 5.41) is 8.92. The third-order valence-corrected chi connectivity index (χ3v) is 2.00. The number of carbonyl (C=O) groups is 2. The molecule has 1 aromatic heterocycles. The number of hydrogen-bond acceptors (Lipinski definition) is 3. The number of carbonyl (C=O) groups excluding carboxylic acids is 2. The highest BCUT2D eigenvalue weighted by atomic mass is 16.2. The molecule has 15 heavy (non-hydrogen) atoms. The lowest BCUT2D eigenvalue weighted by molar-refractivity contribution is 0.0926. The molecule has 0 fully saturated rings. The van der Waals surface area contributed by atoms with Crippen molar-refractivity contribution in [2.45, 2.75) is 13.5 Å². The van der Waals surface area contributed by atoms with Crippen molar-refractivity contribution in [1.82, 2.24) is 20.4 Å². The number of aromatic nitrogens is 2. The summed E-state index contributed by atoms with van der Waals surface area (Å²) >= 11 is 0. The van der Waals surface area contributed by atoms with Crippen LogP contribution in [0.2, 0.25) is 0 Å². The van der Waals surface area contributed by atoms with Gasteiger partial charge in [-0.05, 0) is 6.92 Å². The molecule has 1 heterocycles. The molecule has 2 N–H and O–H groups in total. The Kier molecular flexibility index (Phi) is 3.43. The van der Waals surface area contributed by atoms with Gasteiger partial charge in [0.2, 0.25) is 0 Å². The predicted octanol–water partition coefficient (Wildman–Crippen LogP) is -0.378. The fraction of sp³-hybridized carbons (Fsp3) is 0.444. The van der Waals surface area contributed by atoms with Gasteiger partial charge in [0.25, 0.3) is 11.8 Å². The highest BCUT2D eigenvalue weighted by molar-refractivity contribution is 6.05. The van der Waals surface area contributed by atoms with Crippen LogP contribution in [0.15, 0.2) is 6.20 Å². The molecule has 2 amide bonds. The average Bonchev–Trinajstić information content (AvgIpc) is 2.70. The van der Waals surface area contributed by atoms with Gasteiger partial charge in [0.05, 0.1) is 5.56 Å². The van der Waals surface area contributed by atoms with Crippen LogP contribution in [0.5, 0.6) is 0 Å². The maximum atomic E-state index is 11.4. The minimum Gasteiger partial charge on any atom is -0.355 e. The number of hydrogen-bond donors (Lipinski definition) is 2. The van der Waals surface area contributed by atoms with Crippen LogP contribution in [0.4, 0.5) is 0 Å². The molecule has 1 rings (SSSR count). The summed E-state index contributed by atoms with van der Waals surface area (Å²) in [7, 11) is 3.01. The Bertz CT molecular complexity index is 350. The van der Waals surface area contributed by atoms with Gasteiger partial charge in [-0.2, -0.15) is 5.10 Å². The van der Waals surface area contributed by atoms with E-state index in [-0.39, 0.29) is 17.5 Å². The van der Waals surface area contributed by atoms with Crippen molar-refractivity contribution in [2.75, 3.05) is 14.1 Å². The molecule has 1 aromatic rings. The molecule has 0 spiro atoms. The van der Waals surface area contributed by atoms with Crippen LogP contribution in [0, 0.1) is 0 Å². The molecule has 0 aromatic carbocycles. The third-order valence-electron chi connectivity index (χ3n) is 2.00. The molecule has 0 atom stereocenters. The van der Waals surface area contributed by atoms with Gasteiger partial charge in [-0.3, -0.25) is 14.3 Å². The lowest BCUT2D eigenvalue weighted by Gasteiger charge is -1.98. The van der Waals surface area contributed by atoms with Crippen molar-refractivity contribution in [3.8, 4) is 0 Å². The van der Waals surface area contributed by atoms with Gasteiger partial charge in [-0.25, -0.2) is 0 Å². The number of rotatable bonds is 3. The van der Waals surface area contributed by atoms with Crippen LogP contribution in [-0.2, 0) is 6.54 Å². The average molecular weight is 210 g/mol. The van der Waals surface area contributed by atoms with E-state index < -0.39 is 0 Å². The molecule has 0 unspecified atom stereocenters. The van der Waals surface area contributed by atoms with Crippen LogP contribution in [-0.4, -0.2) is 35.7 Å². The quantitative estimate of drug-likeness (QED) is 0.714. The highest BCUT2D eigenvalue weighted by Crippen LogP contribution is 2.06. The second-order valence-corrected chi connectivity index (χ2v) is 2.91. The Hall–Kier alpha value is -1.85. The summed E-state index contributed by atoms with van der Waals surface area (Å²) in [6, 6.07) is 0. The standard InChI is InChI=1S/C9H14N4O2/c1-4-13-5-6(8(14)10-2)7(12-13)9(15)11-3/h5H,4H2,1-3H3,(H,10,14)(H,11,15). The summed E-state index contributed by atoms with van der Waals surface area (Å²) in [5.74, 6) is -0.672. The zero-order valence-corrected chi connectivity index (χ0v) is 9.00. The molecule has 0 saturated heterocycles. The van der Waals surface area contributed by atoms with E-state index in [2.05, 4.69) is 15.7 Å². The first-order valence-electron chi connectivity index (χ1n) is 4.65. The first kappa shape index (κ1) is 11.2. The first-order chi connectivity index (χ1) is 7.13. The molecule has 0 aliphatic carbocycles. The lowest BCUT2D eigenvalue weighted by atomic mass is 10.2. The van der Waals surface area contributed by atoms with Crippen molar-refractivity contribution in [3.63, 3.8) is 0 Å². The van der Waals surface area contributed by atoms with Gasteiger partial charge in [0.15, 0.2) is 5.69 Å². The van der Waals surface area contributed by atoms with E-state index in [1.54, 1.807) is 10.9 Å². The topological polar surface area (TPSA) is 76.0 Å². The van der Waals surface area contributed by atoms with E-state index in [0.717, 1.165) is 0 Å². The van der Waals surface area contributed by atoms with Gasteiger partial charge >= 0.3 is 0 Å². The zero-order valence-electron chi connectivity index (χ0n) is 9.00. The first-order valence-corrected chi connectivity index (χ1v) is 4.65. The Morgan fingerprint density at radius 1 is 1.33 bits per heavy atom. The molecule has 0 saturated carbocycles. The second kappa shape index (κ2) is 4.59. The Morgan fingerprint density at radius 2 is 1.93 bits per heavy atom. The van der Waals surface area contributed by atoms with Crippen LogP contribution in [0.25, 0.3) is 0 Å². The second-order valence-electron chi connectivity index (χ2n) is 2.91. The van der Waals surface area contributed by atoms with Crippen molar-refractivity contribution in [1.29, 1.82) is 0 Å². The van der Waals surface area contributed by atoms with Crippen LogP contribution in [0.3, 0.4) is 0 Å². The van der Waals surface area contributed by atoms with E-state index in [4.69, 9.17) is 0 Å². The van der Waals surface area contributed by atoms with Crippen LogP contribution in [0.1, 0.15) is 27.8 Å². The van der Waals surface area contributed by atoms with Crippen molar-refractivity contribution >= 4 is 11.8 Å². The molecular formula is C9H14N4O2. The predicted molar refractivity (Wildman–Crippen MR) is 54.7 cm³/mol. The van der Waals surface area contributed by atoms with Gasteiger partial charge in [0.1, 0.15) is 0 Å². The Balaban J connectivity index is 3.17. The fourth-order valence-corrected chi connectivity index (χ4v) is 1.17. The lowest BCUT2D eigenvalue weighted by Crippen LogP contribution is -2.25. The van der Waals surface area contributed by atoms with Gasteiger partial charge in [-0.15, -0.1) is 0 Å². The van der Waals surface area contributed by atoms with E-state index >= 15 is 0 Å². The van der Waals surface area contributed by atoms with Crippen molar-refractivity contribution < 1.29 is 9.59 Å². The summed E-state index contributed by atoms with van der Waals surface area (Å²) < 4.78 is 1.55. The summed E-state index contributed by atoms with van der Waals surface area (Å²) in [6.45, 7) is 2.50. The largest absolute Gasteiger partial charge is 0.355 e. The molecular weight excluding hydrogens is 196 g/mol. The monoisotopic (exact) mass is 210 g/mol. The Labute approximate surface area is 87.7 Å². The smallest absolute Gasteiger partial charge is 0.272 e. The van der Waals surface area contributed by atoms with E-state index in [1.807, 2.05) is 6.92 Å². The summed E-state index contributed by atoms with van der Waals surface area (Å²) in [5.41, 5.74) is 0.442. The van der Waals surface area contributed by atoms with Gasteiger partial charge in [0, 0.05) is 26.8 Å². The van der Waals surface area contributed by atoms with E-state index in [9.17, 15) is 9.59 Å². The summed E-state index contributed by atoms with van der Waals surface area (Å²) in [6.07, 6.45) is 1.56. The number of nitrogens with zero attached hydrogens (tertiary/aromatic N) is 2. The van der Waals surface area contributed by atoms with E-state index in [0.29, 0.717) is 12.1 Å². The molecule has 0 bridgehead atoms. The molecule has 0 aliphatic heterocycles. The molecule has 0 aliphatic rings.